The van der Waals surface area contributed by atoms with Crippen LogP contribution in [0.1, 0.15) is 82.0 Å². The molecule has 0 aromatic heterocycles. The molecule has 0 spiro atoms. The van der Waals surface area contributed by atoms with Gasteiger partial charge in [0.1, 0.15) is 6.10 Å². The molecule has 3 heteroatoms. The van der Waals surface area contributed by atoms with Crippen molar-refractivity contribution in [3.63, 3.8) is 0 Å². The Morgan fingerprint density at radius 3 is 2.45 bits per heavy atom. The number of esters is 1. The van der Waals surface area contributed by atoms with Gasteiger partial charge in [0.25, 0.3) is 0 Å². The van der Waals surface area contributed by atoms with Crippen LogP contribution >= 0.6 is 0 Å². The van der Waals surface area contributed by atoms with Crippen molar-refractivity contribution < 1.29 is 14.6 Å². The molecule has 4 fully saturated rings. The fraction of sp³-hybridized carbons (Fsp3) is 0.731. The van der Waals surface area contributed by atoms with Crippen molar-refractivity contribution in [1.82, 2.24) is 0 Å². The van der Waals surface area contributed by atoms with E-state index in [2.05, 4.69) is 13.8 Å². The molecule has 29 heavy (non-hydrogen) atoms. The van der Waals surface area contributed by atoms with Gasteiger partial charge in [0.15, 0.2) is 0 Å². The zero-order chi connectivity index (χ0) is 20.2. The lowest BCUT2D eigenvalue weighted by Crippen LogP contribution is -2.54. The quantitative estimate of drug-likeness (QED) is 0.660. The molecule has 5 rings (SSSR count). The van der Waals surface area contributed by atoms with Crippen LogP contribution in [0.15, 0.2) is 30.3 Å². The van der Waals surface area contributed by atoms with Crippen LogP contribution in [-0.2, 0) is 4.74 Å². The minimum Gasteiger partial charge on any atom is -0.458 e. The number of aliphatic hydroxyl groups excluding tert-OH is 1. The highest BCUT2D eigenvalue weighted by Gasteiger charge is 2.61. The van der Waals surface area contributed by atoms with E-state index in [1.54, 1.807) is 0 Å². The van der Waals surface area contributed by atoms with E-state index in [1.165, 1.54) is 38.5 Å². The molecule has 0 amide bonds. The van der Waals surface area contributed by atoms with Crippen LogP contribution in [0.2, 0.25) is 0 Å². The molecule has 1 aromatic carbocycles. The first-order chi connectivity index (χ1) is 13.9. The zero-order valence-corrected chi connectivity index (χ0v) is 18.0. The largest absolute Gasteiger partial charge is 0.458 e. The lowest BCUT2D eigenvalue weighted by atomic mass is 9.45. The summed E-state index contributed by atoms with van der Waals surface area (Å²) in [5.41, 5.74) is 1.20. The Kier molecular flexibility index (Phi) is 4.81. The number of carbonyl (C=O) groups is 1. The zero-order valence-electron chi connectivity index (χ0n) is 18.0. The molecule has 0 bridgehead atoms. The maximum Gasteiger partial charge on any atom is 0.338 e. The SMILES string of the molecule is C[C@]12CC[C@H](O)C[C@@H]1CC[C@H]1[C@H]2CC[C@]2(C)[C@@H]1CC[C@H]2OC(=O)c1ccccc1. The highest BCUT2D eigenvalue weighted by molar-refractivity contribution is 5.89. The summed E-state index contributed by atoms with van der Waals surface area (Å²) < 4.78 is 6.12. The number of ether oxygens (including phenoxy) is 1. The third-order valence-electron chi connectivity index (χ3n) is 9.81. The molecule has 0 aliphatic heterocycles. The predicted octanol–water partition coefficient (Wildman–Crippen LogP) is 5.62. The number of carbonyl (C=O) groups excluding carboxylic acids is 1. The summed E-state index contributed by atoms with van der Waals surface area (Å²) in [4.78, 5) is 12.7. The summed E-state index contributed by atoms with van der Waals surface area (Å²) in [6, 6.07) is 9.45. The summed E-state index contributed by atoms with van der Waals surface area (Å²) >= 11 is 0. The Hall–Kier alpha value is -1.35. The topological polar surface area (TPSA) is 46.5 Å². The van der Waals surface area contributed by atoms with Gasteiger partial charge in [0, 0.05) is 5.41 Å². The molecule has 1 aromatic rings. The van der Waals surface area contributed by atoms with Crippen molar-refractivity contribution in [2.45, 2.75) is 83.8 Å². The van der Waals surface area contributed by atoms with E-state index in [0.717, 1.165) is 31.1 Å². The van der Waals surface area contributed by atoms with Crippen LogP contribution in [0.5, 0.6) is 0 Å². The highest BCUT2D eigenvalue weighted by Crippen LogP contribution is 2.66. The second-order valence-corrected chi connectivity index (χ2v) is 11.0. The van der Waals surface area contributed by atoms with Gasteiger partial charge >= 0.3 is 5.97 Å². The van der Waals surface area contributed by atoms with Gasteiger partial charge in [-0.25, -0.2) is 4.79 Å². The van der Waals surface area contributed by atoms with Gasteiger partial charge in [0.05, 0.1) is 11.7 Å². The fourth-order valence-corrected chi connectivity index (χ4v) is 8.15. The summed E-state index contributed by atoms with van der Waals surface area (Å²) in [6.07, 6.45) is 10.4. The molecule has 0 saturated heterocycles. The molecule has 158 valence electrons. The van der Waals surface area contributed by atoms with Gasteiger partial charge in [-0.3, -0.25) is 0 Å². The van der Waals surface area contributed by atoms with Crippen LogP contribution in [-0.4, -0.2) is 23.3 Å². The maximum absolute atomic E-state index is 12.7. The molecule has 8 atom stereocenters. The molecule has 4 saturated carbocycles. The molecule has 1 N–H and O–H groups in total. The molecular weight excluding hydrogens is 360 g/mol. The van der Waals surface area contributed by atoms with E-state index >= 15 is 0 Å². The Morgan fingerprint density at radius 2 is 1.66 bits per heavy atom. The van der Waals surface area contributed by atoms with Gasteiger partial charge in [0.2, 0.25) is 0 Å². The molecule has 4 aliphatic rings. The van der Waals surface area contributed by atoms with E-state index in [4.69, 9.17) is 4.74 Å². The van der Waals surface area contributed by atoms with E-state index in [-0.39, 0.29) is 23.6 Å². The second kappa shape index (κ2) is 7.11. The molecule has 3 nitrogen and oxygen atoms in total. The number of hydrogen-bond donors (Lipinski definition) is 1. The highest BCUT2D eigenvalue weighted by atomic mass is 16.5. The van der Waals surface area contributed by atoms with Gasteiger partial charge in [-0.2, -0.15) is 0 Å². The molecule has 0 heterocycles. The van der Waals surface area contributed by atoms with Gasteiger partial charge in [-0.1, -0.05) is 32.0 Å². The lowest BCUT2D eigenvalue weighted by molar-refractivity contribution is -0.134. The number of aliphatic hydroxyl groups is 1. The van der Waals surface area contributed by atoms with Crippen molar-refractivity contribution in [1.29, 1.82) is 0 Å². The Morgan fingerprint density at radius 1 is 0.931 bits per heavy atom. The summed E-state index contributed by atoms with van der Waals surface area (Å²) in [7, 11) is 0. The van der Waals surface area contributed by atoms with E-state index < -0.39 is 0 Å². The summed E-state index contributed by atoms with van der Waals surface area (Å²) in [5, 5.41) is 10.2. The van der Waals surface area contributed by atoms with E-state index in [0.29, 0.717) is 22.8 Å². The van der Waals surface area contributed by atoms with E-state index in [9.17, 15) is 9.90 Å². The third-order valence-corrected chi connectivity index (χ3v) is 9.81. The number of fused-ring (bicyclic) bond motifs is 5. The summed E-state index contributed by atoms with van der Waals surface area (Å²) in [6.45, 7) is 4.94. The van der Waals surface area contributed by atoms with Gasteiger partial charge in [-0.05, 0) is 99.0 Å². The lowest BCUT2D eigenvalue weighted by Gasteiger charge is -2.60. The predicted molar refractivity (Wildman–Crippen MR) is 113 cm³/mol. The monoisotopic (exact) mass is 396 g/mol. The van der Waals surface area contributed by atoms with Crippen molar-refractivity contribution in [2.24, 2.45) is 34.5 Å². The molecule has 4 aliphatic carbocycles. The second-order valence-electron chi connectivity index (χ2n) is 11.0. The fourth-order valence-electron chi connectivity index (χ4n) is 8.15. The third kappa shape index (κ3) is 3.07. The van der Waals surface area contributed by atoms with Crippen LogP contribution < -0.4 is 0 Å². The Bertz CT molecular complexity index is 760. The minimum absolute atomic E-state index is 0.0554. The average molecular weight is 397 g/mol. The number of benzene rings is 1. The maximum atomic E-state index is 12.7. The minimum atomic E-state index is -0.156. The normalized spacial score (nSPS) is 46.3. The Balaban J connectivity index is 1.34. The Labute approximate surface area is 175 Å². The van der Waals surface area contributed by atoms with Crippen molar-refractivity contribution in [3.8, 4) is 0 Å². The van der Waals surface area contributed by atoms with Crippen molar-refractivity contribution >= 4 is 5.97 Å². The first-order valence-corrected chi connectivity index (χ1v) is 11.9. The molecule has 0 radical (unpaired) electrons. The number of hydrogen-bond acceptors (Lipinski definition) is 3. The first kappa shape index (κ1) is 19.6. The van der Waals surface area contributed by atoms with E-state index in [1.807, 2.05) is 30.3 Å². The average Bonchev–Trinajstić information content (AvgIpc) is 3.05. The van der Waals surface area contributed by atoms with Gasteiger partial charge in [-0.15, -0.1) is 0 Å². The van der Waals surface area contributed by atoms with Crippen LogP contribution in [0.3, 0.4) is 0 Å². The van der Waals surface area contributed by atoms with Gasteiger partial charge < -0.3 is 9.84 Å². The molecule has 0 unspecified atom stereocenters. The number of rotatable bonds is 2. The first-order valence-electron chi connectivity index (χ1n) is 11.9. The van der Waals surface area contributed by atoms with Crippen LogP contribution in [0, 0.1) is 34.5 Å². The smallest absolute Gasteiger partial charge is 0.338 e. The van der Waals surface area contributed by atoms with Crippen LogP contribution in [0.25, 0.3) is 0 Å². The van der Waals surface area contributed by atoms with Crippen LogP contribution in [0.4, 0.5) is 0 Å². The standard InChI is InChI=1S/C26H36O3/c1-25-14-12-19(27)16-18(25)8-9-20-21-10-11-23(26(21,2)15-13-22(20)25)29-24(28)17-6-4-3-5-7-17/h3-7,18-23,27H,8-16H2,1-2H3/t18-,19-,20+,21+,22+,23+,25-,26+/m0/s1. The molecular formula is C26H36O3. The van der Waals surface area contributed by atoms with Crippen molar-refractivity contribution in [3.05, 3.63) is 35.9 Å². The summed E-state index contributed by atoms with van der Waals surface area (Å²) in [5.74, 6) is 2.78. The van der Waals surface area contributed by atoms with Crippen molar-refractivity contribution in [2.75, 3.05) is 0 Å².